The minimum Gasteiger partial charge on any atom is -0.387 e. The molecule has 1 aliphatic heterocycles. The minimum absolute atomic E-state index is 0.451. The quantitative estimate of drug-likeness (QED) is 0.494. The first-order valence-corrected chi connectivity index (χ1v) is 2.85. The van der Waals surface area contributed by atoms with Crippen LogP contribution in [0.5, 0.6) is 0 Å². The molecular formula is C6H11O2. The SMILES string of the molecule is CC1(O)[CH]CCOC1. The fourth-order valence-corrected chi connectivity index (χ4v) is 0.791. The lowest BCUT2D eigenvalue weighted by Gasteiger charge is -2.26. The second-order valence-corrected chi connectivity index (χ2v) is 2.40. The van der Waals surface area contributed by atoms with Crippen molar-refractivity contribution in [1.29, 1.82) is 0 Å². The van der Waals surface area contributed by atoms with Gasteiger partial charge in [-0.25, -0.2) is 0 Å². The minimum atomic E-state index is -0.668. The first-order chi connectivity index (χ1) is 3.71. The van der Waals surface area contributed by atoms with Crippen molar-refractivity contribution in [3.05, 3.63) is 6.42 Å². The van der Waals surface area contributed by atoms with Crippen LogP contribution in [0.3, 0.4) is 0 Å². The Balaban J connectivity index is 2.33. The number of ether oxygens (including phenoxy) is 1. The molecule has 0 spiro atoms. The van der Waals surface area contributed by atoms with Crippen LogP contribution < -0.4 is 0 Å². The van der Waals surface area contributed by atoms with E-state index in [-0.39, 0.29) is 0 Å². The van der Waals surface area contributed by atoms with Crippen molar-refractivity contribution in [3.8, 4) is 0 Å². The number of aliphatic hydroxyl groups is 1. The van der Waals surface area contributed by atoms with Crippen molar-refractivity contribution in [2.24, 2.45) is 0 Å². The van der Waals surface area contributed by atoms with Gasteiger partial charge in [0.2, 0.25) is 0 Å². The standard InChI is InChI=1S/C6H11O2/c1-6(7)3-2-4-8-5-6/h3,7H,2,4-5H2,1H3. The van der Waals surface area contributed by atoms with Crippen LogP contribution in [0.25, 0.3) is 0 Å². The van der Waals surface area contributed by atoms with Gasteiger partial charge in [0.05, 0.1) is 12.2 Å². The maximum absolute atomic E-state index is 9.19. The molecule has 47 valence electrons. The molecular weight excluding hydrogens is 104 g/mol. The van der Waals surface area contributed by atoms with E-state index in [0.29, 0.717) is 6.61 Å². The predicted molar refractivity (Wildman–Crippen MR) is 30.4 cm³/mol. The number of rotatable bonds is 0. The molecule has 0 bridgehead atoms. The third kappa shape index (κ3) is 1.46. The molecule has 1 atom stereocenters. The van der Waals surface area contributed by atoms with E-state index < -0.39 is 5.60 Å². The largest absolute Gasteiger partial charge is 0.387 e. The highest BCUT2D eigenvalue weighted by Gasteiger charge is 2.23. The molecule has 1 heterocycles. The first-order valence-electron chi connectivity index (χ1n) is 2.85. The van der Waals surface area contributed by atoms with Crippen LogP contribution in [0.15, 0.2) is 0 Å². The molecule has 1 radical (unpaired) electrons. The monoisotopic (exact) mass is 115 g/mol. The van der Waals surface area contributed by atoms with Crippen LogP contribution in [0.2, 0.25) is 0 Å². The lowest BCUT2D eigenvalue weighted by atomic mass is 10.00. The van der Waals surface area contributed by atoms with Gasteiger partial charge >= 0.3 is 0 Å². The van der Waals surface area contributed by atoms with Crippen LogP contribution in [-0.4, -0.2) is 23.9 Å². The highest BCUT2D eigenvalue weighted by molar-refractivity contribution is 4.91. The molecule has 0 aromatic rings. The maximum atomic E-state index is 9.19. The molecule has 2 heteroatoms. The van der Waals surface area contributed by atoms with Crippen molar-refractivity contribution in [2.75, 3.05) is 13.2 Å². The van der Waals surface area contributed by atoms with Crippen LogP contribution >= 0.6 is 0 Å². The van der Waals surface area contributed by atoms with Crippen LogP contribution in [-0.2, 0) is 4.74 Å². The Morgan fingerprint density at radius 1 is 1.75 bits per heavy atom. The third-order valence-corrected chi connectivity index (χ3v) is 1.24. The average molecular weight is 115 g/mol. The molecule has 1 fully saturated rings. The highest BCUT2D eigenvalue weighted by atomic mass is 16.5. The van der Waals surface area contributed by atoms with E-state index in [0.717, 1.165) is 13.0 Å². The average Bonchev–Trinajstić information content (AvgIpc) is 1.65. The van der Waals surface area contributed by atoms with E-state index >= 15 is 0 Å². The summed E-state index contributed by atoms with van der Waals surface area (Å²) >= 11 is 0. The lowest BCUT2D eigenvalue weighted by Crippen LogP contribution is -2.35. The van der Waals surface area contributed by atoms with Crippen LogP contribution in [0, 0.1) is 6.42 Å². The second kappa shape index (κ2) is 2.03. The molecule has 0 saturated carbocycles. The molecule has 1 saturated heterocycles. The molecule has 0 aliphatic carbocycles. The molecule has 2 nitrogen and oxygen atoms in total. The summed E-state index contributed by atoms with van der Waals surface area (Å²) in [6, 6.07) is 0. The van der Waals surface area contributed by atoms with Gasteiger partial charge < -0.3 is 9.84 Å². The molecule has 0 amide bonds. The lowest BCUT2D eigenvalue weighted by molar-refractivity contribution is -0.0390. The second-order valence-electron chi connectivity index (χ2n) is 2.40. The Morgan fingerprint density at radius 2 is 2.50 bits per heavy atom. The topological polar surface area (TPSA) is 29.5 Å². The highest BCUT2D eigenvalue weighted by Crippen LogP contribution is 2.15. The van der Waals surface area contributed by atoms with Gasteiger partial charge in [-0.15, -0.1) is 0 Å². The summed E-state index contributed by atoms with van der Waals surface area (Å²) in [5.74, 6) is 0. The van der Waals surface area contributed by atoms with Crippen molar-refractivity contribution in [3.63, 3.8) is 0 Å². The zero-order chi connectivity index (χ0) is 6.04. The Hall–Kier alpha value is -0.0800. The maximum Gasteiger partial charge on any atom is 0.0884 e. The van der Waals surface area contributed by atoms with E-state index in [1.54, 1.807) is 6.92 Å². The van der Waals surface area contributed by atoms with E-state index in [1.807, 2.05) is 6.42 Å². The van der Waals surface area contributed by atoms with Crippen molar-refractivity contribution >= 4 is 0 Å². The third-order valence-electron chi connectivity index (χ3n) is 1.24. The van der Waals surface area contributed by atoms with Gasteiger partial charge in [-0.3, -0.25) is 0 Å². The van der Waals surface area contributed by atoms with Gasteiger partial charge in [-0.2, -0.15) is 0 Å². The van der Waals surface area contributed by atoms with E-state index in [1.165, 1.54) is 0 Å². The van der Waals surface area contributed by atoms with E-state index in [4.69, 9.17) is 4.74 Å². The molecule has 1 N–H and O–H groups in total. The summed E-state index contributed by atoms with van der Waals surface area (Å²) in [5, 5.41) is 9.19. The summed E-state index contributed by atoms with van der Waals surface area (Å²) in [5.41, 5.74) is -0.668. The summed E-state index contributed by atoms with van der Waals surface area (Å²) in [6.07, 6.45) is 2.75. The first kappa shape index (κ1) is 6.05. The van der Waals surface area contributed by atoms with Crippen molar-refractivity contribution in [2.45, 2.75) is 18.9 Å². The molecule has 1 unspecified atom stereocenters. The fourth-order valence-electron chi connectivity index (χ4n) is 0.791. The van der Waals surface area contributed by atoms with Gasteiger partial charge in [-0.05, 0) is 19.8 Å². The van der Waals surface area contributed by atoms with Gasteiger partial charge in [0, 0.05) is 6.61 Å². The van der Waals surface area contributed by atoms with E-state index in [9.17, 15) is 5.11 Å². The molecule has 0 aromatic heterocycles. The summed E-state index contributed by atoms with van der Waals surface area (Å²) < 4.78 is 5.00. The smallest absolute Gasteiger partial charge is 0.0884 e. The summed E-state index contributed by atoms with van der Waals surface area (Å²) in [4.78, 5) is 0. The Kier molecular flexibility index (Phi) is 1.54. The Morgan fingerprint density at radius 3 is 2.75 bits per heavy atom. The summed E-state index contributed by atoms with van der Waals surface area (Å²) in [6.45, 7) is 2.97. The predicted octanol–water partition coefficient (Wildman–Crippen LogP) is 0.362. The summed E-state index contributed by atoms with van der Waals surface area (Å²) in [7, 11) is 0. The zero-order valence-corrected chi connectivity index (χ0v) is 5.05. The van der Waals surface area contributed by atoms with Gasteiger partial charge in [0.25, 0.3) is 0 Å². The van der Waals surface area contributed by atoms with Crippen LogP contribution in [0.1, 0.15) is 13.3 Å². The van der Waals surface area contributed by atoms with Gasteiger partial charge in [0.1, 0.15) is 0 Å². The molecule has 0 aromatic carbocycles. The van der Waals surface area contributed by atoms with Crippen molar-refractivity contribution in [1.82, 2.24) is 0 Å². The van der Waals surface area contributed by atoms with Gasteiger partial charge in [0.15, 0.2) is 0 Å². The van der Waals surface area contributed by atoms with Gasteiger partial charge in [-0.1, -0.05) is 0 Å². The molecule has 1 rings (SSSR count). The number of hydrogen-bond donors (Lipinski definition) is 1. The number of hydrogen-bond acceptors (Lipinski definition) is 2. The zero-order valence-electron chi connectivity index (χ0n) is 5.05. The molecule has 8 heavy (non-hydrogen) atoms. The normalized spacial score (nSPS) is 39.8. The Labute approximate surface area is 49.5 Å². The van der Waals surface area contributed by atoms with Crippen molar-refractivity contribution < 1.29 is 9.84 Å². The van der Waals surface area contributed by atoms with Crippen LogP contribution in [0.4, 0.5) is 0 Å². The Bertz CT molecular complexity index is 70.6. The van der Waals surface area contributed by atoms with E-state index in [2.05, 4.69) is 0 Å². The fraction of sp³-hybridized carbons (Fsp3) is 0.833. The molecule has 1 aliphatic rings.